The lowest BCUT2D eigenvalue weighted by Crippen LogP contribution is -2.20. The van der Waals surface area contributed by atoms with Gasteiger partial charge < -0.3 is 9.84 Å². The molecule has 0 aliphatic carbocycles. The van der Waals surface area contributed by atoms with Crippen LogP contribution in [-0.2, 0) is 0 Å². The van der Waals surface area contributed by atoms with Crippen LogP contribution in [0.25, 0.3) is 22.3 Å². The van der Waals surface area contributed by atoms with Crippen molar-refractivity contribution in [2.24, 2.45) is 5.10 Å². The highest BCUT2D eigenvalue weighted by atomic mass is 79.9. The lowest BCUT2D eigenvalue weighted by Gasteiger charge is -2.10. The summed E-state index contributed by atoms with van der Waals surface area (Å²) in [5.41, 5.74) is 1.76. The van der Waals surface area contributed by atoms with Crippen molar-refractivity contribution >= 4 is 33.0 Å². The highest BCUT2D eigenvalue weighted by molar-refractivity contribution is 9.10. The molecule has 0 bridgehead atoms. The number of benzene rings is 3. The Hall–Kier alpha value is -3.45. The van der Waals surface area contributed by atoms with Gasteiger partial charge in [0.2, 0.25) is 0 Å². The van der Waals surface area contributed by atoms with Crippen molar-refractivity contribution in [3.8, 4) is 22.9 Å². The number of methoxy groups -OCH3 is 1. The van der Waals surface area contributed by atoms with E-state index in [0.717, 1.165) is 5.56 Å². The Labute approximate surface area is 174 Å². The Morgan fingerprint density at radius 1 is 1.10 bits per heavy atom. The molecule has 3 aromatic carbocycles. The van der Waals surface area contributed by atoms with Gasteiger partial charge in [-0.05, 0) is 45.8 Å². The SMILES string of the molecule is COc1cc(/C=N/n2c(-c3ccccc3)nc3ccccc3c2=O)cc(Br)c1O. The molecule has 0 unspecified atom stereocenters. The number of para-hydroxylation sites is 1. The lowest BCUT2D eigenvalue weighted by atomic mass is 10.2. The van der Waals surface area contributed by atoms with Gasteiger partial charge >= 0.3 is 0 Å². The molecule has 0 saturated heterocycles. The highest BCUT2D eigenvalue weighted by Gasteiger charge is 2.12. The first-order chi connectivity index (χ1) is 14.1. The van der Waals surface area contributed by atoms with E-state index in [1.165, 1.54) is 18.0 Å². The van der Waals surface area contributed by atoms with Gasteiger partial charge in [-0.2, -0.15) is 9.78 Å². The number of phenolic OH excluding ortho intramolecular Hbond substituents is 1. The van der Waals surface area contributed by atoms with E-state index < -0.39 is 0 Å². The van der Waals surface area contributed by atoms with Gasteiger partial charge in [0, 0.05) is 5.56 Å². The van der Waals surface area contributed by atoms with Crippen molar-refractivity contribution in [1.29, 1.82) is 0 Å². The fourth-order valence-corrected chi connectivity index (χ4v) is 3.41. The van der Waals surface area contributed by atoms with Crippen molar-refractivity contribution < 1.29 is 9.84 Å². The van der Waals surface area contributed by atoms with E-state index in [2.05, 4.69) is 26.0 Å². The lowest BCUT2D eigenvalue weighted by molar-refractivity contribution is 0.372. The van der Waals surface area contributed by atoms with Crippen LogP contribution in [-0.4, -0.2) is 28.1 Å². The maximum Gasteiger partial charge on any atom is 0.282 e. The van der Waals surface area contributed by atoms with Crippen LogP contribution in [0.1, 0.15) is 5.56 Å². The zero-order valence-electron chi connectivity index (χ0n) is 15.4. The molecule has 1 heterocycles. The number of aromatic hydroxyl groups is 1. The zero-order chi connectivity index (χ0) is 20.4. The quantitative estimate of drug-likeness (QED) is 0.467. The van der Waals surface area contributed by atoms with E-state index in [1.54, 1.807) is 30.3 Å². The first-order valence-corrected chi connectivity index (χ1v) is 9.56. The summed E-state index contributed by atoms with van der Waals surface area (Å²) in [4.78, 5) is 17.8. The average Bonchev–Trinajstić information content (AvgIpc) is 2.75. The normalized spacial score (nSPS) is 11.2. The number of hydrogen-bond acceptors (Lipinski definition) is 5. The van der Waals surface area contributed by atoms with E-state index >= 15 is 0 Å². The smallest absolute Gasteiger partial charge is 0.282 e. The Morgan fingerprint density at radius 2 is 1.83 bits per heavy atom. The molecule has 144 valence electrons. The van der Waals surface area contributed by atoms with Crippen LogP contribution >= 0.6 is 15.9 Å². The number of halogens is 1. The number of nitrogens with zero attached hydrogens (tertiary/aromatic N) is 3. The summed E-state index contributed by atoms with van der Waals surface area (Å²) in [5, 5.41) is 14.9. The summed E-state index contributed by atoms with van der Waals surface area (Å²) in [6.07, 6.45) is 1.52. The van der Waals surface area contributed by atoms with Gasteiger partial charge in [-0.1, -0.05) is 42.5 Å². The Morgan fingerprint density at radius 3 is 2.59 bits per heavy atom. The second-order valence-corrected chi connectivity index (χ2v) is 7.09. The van der Waals surface area contributed by atoms with Crippen molar-refractivity contribution in [2.75, 3.05) is 7.11 Å². The third-order valence-corrected chi connectivity index (χ3v) is 4.98. The molecule has 4 rings (SSSR count). The summed E-state index contributed by atoms with van der Waals surface area (Å²) in [6.45, 7) is 0. The Kier molecular flexibility index (Phi) is 5.14. The number of aromatic nitrogens is 2. The minimum atomic E-state index is -0.268. The van der Waals surface area contributed by atoms with E-state index in [4.69, 9.17) is 4.74 Å². The van der Waals surface area contributed by atoms with Gasteiger partial charge in [-0.25, -0.2) is 4.98 Å². The standard InChI is InChI=1S/C22H16BrN3O3/c1-29-19-12-14(11-17(23)20(19)27)13-24-26-21(15-7-3-2-4-8-15)25-18-10-6-5-9-16(18)22(26)28/h2-13,27H,1H3/b24-13+. The Balaban J connectivity index is 1.91. The van der Waals surface area contributed by atoms with E-state index in [1.807, 2.05) is 36.4 Å². The van der Waals surface area contributed by atoms with E-state index in [9.17, 15) is 9.90 Å². The zero-order valence-corrected chi connectivity index (χ0v) is 17.0. The van der Waals surface area contributed by atoms with Crippen LogP contribution in [0.4, 0.5) is 0 Å². The Bertz CT molecular complexity index is 1280. The molecule has 0 amide bonds. The predicted octanol–water partition coefficient (Wildman–Crippen LogP) is 4.42. The number of rotatable bonds is 4. The van der Waals surface area contributed by atoms with Crippen LogP contribution in [0, 0.1) is 0 Å². The van der Waals surface area contributed by atoms with Gasteiger partial charge in [0.1, 0.15) is 0 Å². The number of hydrogen-bond donors (Lipinski definition) is 1. The molecule has 0 aliphatic heterocycles. The molecular weight excluding hydrogens is 434 g/mol. The minimum Gasteiger partial charge on any atom is -0.503 e. The molecule has 0 aliphatic rings. The second-order valence-electron chi connectivity index (χ2n) is 6.23. The molecule has 29 heavy (non-hydrogen) atoms. The summed E-state index contributed by atoms with van der Waals surface area (Å²) in [7, 11) is 1.47. The van der Waals surface area contributed by atoms with Gasteiger partial charge in [0.15, 0.2) is 17.3 Å². The van der Waals surface area contributed by atoms with Crippen molar-refractivity contribution in [3.63, 3.8) is 0 Å². The third-order valence-electron chi connectivity index (χ3n) is 4.38. The first kappa shape index (κ1) is 18.9. The van der Waals surface area contributed by atoms with Gasteiger partial charge in [0.25, 0.3) is 5.56 Å². The fourth-order valence-electron chi connectivity index (χ4n) is 2.95. The van der Waals surface area contributed by atoms with Gasteiger partial charge in [0.05, 0.1) is 28.7 Å². The molecule has 0 atom stereocenters. The largest absolute Gasteiger partial charge is 0.503 e. The summed E-state index contributed by atoms with van der Waals surface area (Å²) in [5.74, 6) is 0.739. The van der Waals surface area contributed by atoms with Crippen molar-refractivity contribution in [2.45, 2.75) is 0 Å². The third kappa shape index (κ3) is 3.64. The highest BCUT2D eigenvalue weighted by Crippen LogP contribution is 2.34. The maximum atomic E-state index is 13.1. The molecule has 6 nitrogen and oxygen atoms in total. The van der Waals surface area contributed by atoms with Crippen LogP contribution in [0.2, 0.25) is 0 Å². The van der Waals surface area contributed by atoms with E-state index in [-0.39, 0.29) is 11.3 Å². The molecule has 0 radical (unpaired) electrons. The first-order valence-electron chi connectivity index (χ1n) is 8.76. The molecular formula is C22H16BrN3O3. The van der Waals surface area contributed by atoms with Gasteiger partial charge in [-0.15, -0.1) is 0 Å². The molecule has 7 heteroatoms. The maximum absolute atomic E-state index is 13.1. The number of phenols is 1. The summed E-state index contributed by atoms with van der Waals surface area (Å²) < 4.78 is 6.92. The molecule has 0 saturated carbocycles. The van der Waals surface area contributed by atoms with Gasteiger partial charge in [-0.3, -0.25) is 4.79 Å². The fraction of sp³-hybridized carbons (Fsp3) is 0.0455. The molecule has 0 spiro atoms. The minimum absolute atomic E-state index is 0.000775. The number of ether oxygens (including phenoxy) is 1. The average molecular weight is 450 g/mol. The van der Waals surface area contributed by atoms with Crippen LogP contribution in [0.15, 0.2) is 81.1 Å². The molecule has 0 fully saturated rings. The summed E-state index contributed by atoms with van der Waals surface area (Å²) >= 11 is 3.29. The molecule has 4 aromatic rings. The van der Waals surface area contributed by atoms with Crippen molar-refractivity contribution in [1.82, 2.24) is 9.66 Å². The van der Waals surface area contributed by atoms with E-state index in [0.29, 0.717) is 32.5 Å². The molecule has 1 aromatic heterocycles. The summed E-state index contributed by atoms with van der Waals surface area (Å²) in [6, 6.07) is 19.9. The predicted molar refractivity (Wildman–Crippen MR) is 117 cm³/mol. The van der Waals surface area contributed by atoms with Crippen LogP contribution in [0.3, 0.4) is 0 Å². The van der Waals surface area contributed by atoms with Crippen LogP contribution < -0.4 is 10.3 Å². The topological polar surface area (TPSA) is 76.7 Å². The molecule has 1 N–H and O–H groups in total. The van der Waals surface area contributed by atoms with Crippen LogP contribution in [0.5, 0.6) is 11.5 Å². The second kappa shape index (κ2) is 7.89. The number of fused-ring (bicyclic) bond motifs is 1. The monoisotopic (exact) mass is 449 g/mol. The van der Waals surface area contributed by atoms with Crippen molar-refractivity contribution in [3.05, 3.63) is 87.1 Å².